The van der Waals surface area contributed by atoms with Gasteiger partial charge < -0.3 is 0 Å². The fraction of sp³-hybridized carbons (Fsp3) is 0.667. The molecule has 0 heterocycles. The van der Waals surface area contributed by atoms with Crippen molar-refractivity contribution in [3.8, 4) is 0 Å². The van der Waals surface area contributed by atoms with Crippen LogP contribution in [-0.2, 0) is 0 Å². The predicted octanol–water partition coefficient (Wildman–Crippen LogP) is 4.73. The van der Waals surface area contributed by atoms with Gasteiger partial charge in [-0.15, -0.1) is 0 Å². The quantitative estimate of drug-likeness (QED) is 0.490. The SMILES string of the molecule is C.CC1=CC=C(C)CC1.CCC. The lowest BCUT2D eigenvalue weighted by Gasteiger charge is -2.05. The molecule has 0 spiro atoms. The van der Waals surface area contributed by atoms with Crippen molar-refractivity contribution in [2.24, 2.45) is 0 Å². The molecule has 0 amide bonds. The molecule has 12 heavy (non-hydrogen) atoms. The Morgan fingerprint density at radius 1 is 1.00 bits per heavy atom. The molecule has 0 aliphatic heterocycles. The molecule has 0 nitrogen and oxygen atoms in total. The van der Waals surface area contributed by atoms with Gasteiger partial charge in [0.1, 0.15) is 0 Å². The summed E-state index contributed by atoms with van der Waals surface area (Å²) in [5.74, 6) is 0. The van der Waals surface area contributed by atoms with Gasteiger partial charge in [-0.25, -0.2) is 0 Å². The van der Waals surface area contributed by atoms with E-state index in [1.165, 1.54) is 30.4 Å². The van der Waals surface area contributed by atoms with E-state index in [2.05, 4.69) is 39.8 Å². The fourth-order valence-corrected chi connectivity index (χ4v) is 0.846. The van der Waals surface area contributed by atoms with Gasteiger partial charge in [0.05, 0.1) is 0 Å². The van der Waals surface area contributed by atoms with Crippen LogP contribution in [0.4, 0.5) is 0 Å². The third-order valence-electron chi connectivity index (χ3n) is 1.57. The topological polar surface area (TPSA) is 0 Å². The highest BCUT2D eigenvalue weighted by molar-refractivity contribution is 5.20. The molecule has 0 aromatic heterocycles. The molecule has 0 aromatic carbocycles. The summed E-state index contributed by atoms with van der Waals surface area (Å²) in [5, 5.41) is 0. The molecule has 0 fully saturated rings. The van der Waals surface area contributed by atoms with E-state index in [4.69, 9.17) is 0 Å². The van der Waals surface area contributed by atoms with E-state index in [9.17, 15) is 0 Å². The van der Waals surface area contributed by atoms with Crippen LogP contribution in [0.2, 0.25) is 0 Å². The lowest BCUT2D eigenvalue weighted by Crippen LogP contribution is -1.85. The van der Waals surface area contributed by atoms with E-state index in [0.29, 0.717) is 0 Å². The van der Waals surface area contributed by atoms with Crippen LogP contribution in [0.1, 0.15) is 54.4 Å². The monoisotopic (exact) mass is 168 g/mol. The van der Waals surface area contributed by atoms with E-state index >= 15 is 0 Å². The summed E-state index contributed by atoms with van der Waals surface area (Å²) in [6, 6.07) is 0. The highest BCUT2D eigenvalue weighted by Crippen LogP contribution is 2.15. The molecular weight excluding hydrogens is 144 g/mol. The van der Waals surface area contributed by atoms with Crippen LogP contribution in [0.25, 0.3) is 0 Å². The lowest BCUT2D eigenvalue weighted by atomic mass is 10.0. The maximum Gasteiger partial charge on any atom is -0.0283 e. The van der Waals surface area contributed by atoms with Crippen LogP contribution < -0.4 is 0 Å². The molecule has 0 radical (unpaired) electrons. The first kappa shape index (κ1) is 14.0. The molecule has 0 unspecified atom stereocenters. The van der Waals surface area contributed by atoms with Crippen molar-refractivity contribution < 1.29 is 0 Å². The second kappa shape index (κ2) is 8.58. The van der Waals surface area contributed by atoms with Gasteiger partial charge >= 0.3 is 0 Å². The average Bonchev–Trinajstić information content (AvgIpc) is 1.97. The minimum atomic E-state index is 0. The van der Waals surface area contributed by atoms with Crippen molar-refractivity contribution in [2.75, 3.05) is 0 Å². The first-order valence-corrected chi connectivity index (χ1v) is 4.53. The lowest BCUT2D eigenvalue weighted by molar-refractivity contribution is 0.906. The zero-order valence-electron chi connectivity index (χ0n) is 8.28. The van der Waals surface area contributed by atoms with Crippen molar-refractivity contribution in [1.29, 1.82) is 0 Å². The van der Waals surface area contributed by atoms with Gasteiger partial charge in [0.15, 0.2) is 0 Å². The zero-order valence-corrected chi connectivity index (χ0v) is 8.28. The molecule has 1 rings (SSSR count). The molecule has 0 saturated heterocycles. The Kier molecular flexibility index (Phi) is 10.0. The first-order valence-electron chi connectivity index (χ1n) is 4.53. The van der Waals surface area contributed by atoms with Crippen molar-refractivity contribution in [3.63, 3.8) is 0 Å². The van der Waals surface area contributed by atoms with Crippen molar-refractivity contribution in [1.82, 2.24) is 0 Å². The Bertz CT molecular complexity index is 131. The highest BCUT2D eigenvalue weighted by atomic mass is 14.0. The molecule has 0 bridgehead atoms. The summed E-state index contributed by atoms with van der Waals surface area (Å²) in [6.45, 7) is 8.62. The number of allylic oxidation sites excluding steroid dienone is 4. The van der Waals surface area contributed by atoms with Gasteiger partial charge in [0, 0.05) is 0 Å². The molecule has 0 saturated carbocycles. The predicted molar refractivity (Wildman–Crippen MR) is 59.4 cm³/mol. The summed E-state index contributed by atoms with van der Waals surface area (Å²) in [5.41, 5.74) is 3.02. The van der Waals surface area contributed by atoms with Crippen LogP contribution in [0.15, 0.2) is 23.3 Å². The third kappa shape index (κ3) is 7.59. The molecule has 1 aliphatic rings. The summed E-state index contributed by atoms with van der Waals surface area (Å²) in [7, 11) is 0. The van der Waals surface area contributed by atoms with Crippen LogP contribution >= 0.6 is 0 Å². The second-order valence-electron chi connectivity index (χ2n) is 3.23. The molecule has 0 atom stereocenters. The van der Waals surface area contributed by atoms with E-state index in [1.54, 1.807) is 0 Å². The van der Waals surface area contributed by atoms with E-state index in [-0.39, 0.29) is 7.43 Å². The Morgan fingerprint density at radius 2 is 1.25 bits per heavy atom. The van der Waals surface area contributed by atoms with Gasteiger partial charge in [0.25, 0.3) is 0 Å². The van der Waals surface area contributed by atoms with Crippen molar-refractivity contribution in [3.05, 3.63) is 23.3 Å². The fourth-order valence-electron chi connectivity index (χ4n) is 0.846. The summed E-state index contributed by atoms with van der Waals surface area (Å²) in [4.78, 5) is 0. The van der Waals surface area contributed by atoms with E-state index in [0.717, 1.165) is 0 Å². The minimum absolute atomic E-state index is 0. The van der Waals surface area contributed by atoms with Crippen LogP contribution in [0, 0.1) is 0 Å². The molecule has 0 heteroatoms. The summed E-state index contributed by atoms with van der Waals surface area (Å²) >= 11 is 0. The van der Waals surface area contributed by atoms with E-state index in [1.807, 2.05) is 0 Å². The van der Waals surface area contributed by atoms with Crippen molar-refractivity contribution in [2.45, 2.75) is 54.4 Å². The summed E-state index contributed by atoms with van der Waals surface area (Å²) < 4.78 is 0. The standard InChI is InChI=1S/C8H12.C3H8.CH4/c1-7-3-5-8(2)6-4-7;1-3-2;/h3,5H,4,6H2,1-2H3;3H2,1-2H3;1H4. The van der Waals surface area contributed by atoms with Gasteiger partial charge in [-0.1, -0.05) is 51.0 Å². The highest BCUT2D eigenvalue weighted by Gasteiger charge is 1.95. The van der Waals surface area contributed by atoms with Gasteiger partial charge in [-0.2, -0.15) is 0 Å². The van der Waals surface area contributed by atoms with Crippen LogP contribution in [-0.4, -0.2) is 0 Å². The third-order valence-corrected chi connectivity index (χ3v) is 1.57. The molecule has 72 valence electrons. The second-order valence-corrected chi connectivity index (χ2v) is 3.23. The summed E-state index contributed by atoms with van der Waals surface area (Å²) in [6.07, 6.45) is 8.20. The molecule has 0 N–H and O–H groups in total. The van der Waals surface area contributed by atoms with Crippen LogP contribution in [0.5, 0.6) is 0 Å². The van der Waals surface area contributed by atoms with Gasteiger partial charge in [-0.3, -0.25) is 0 Å². The largest absolute Gasteiger partial charge is 0.0776 e. The number of hydrogen-bond acceptors (Lipinski definition) is 0. The minimum Gasteiger partial charge on any atom is -0.0776 e. The molecule has 0 aromatic rings. The van der Waals surface area contributed by atoms with E-state index < -0.39 is 0 Å². The smallest absolute Gasteiger partial charge is 0.0283 e. The van der Waals surface area contributed by atoms with Crippen molar-refractivity contribution >= 4 is 0 Å². The van der Waals surface area contributed by atoms with Gasteiger partial charge in [-0.05, 0) is 26.7 Å². The number of hydrogen-bond donors (Lipinski definition) is 0. The number of rotatable bonds is 0. The Morgan fingerprint density at radius 3 is 1.42 bits per heavy atom. The molecule has 1 aliphatic carbocycles. The maximum absolute atomic E-state index is 2.21. The maximum atomic E-state index is 2.21. The average molecular weight is 168 g/mol. The van der Waals surface area contributed by atoms with Crippen LogP contribution in [0.3, 0.4) is 0 Å². The normalized spacial score (nSPS) is 14.7. The first-order chi connectivity index (χ1) is 5.20. The Balaban J connectivity index is 0. The Hall–Kier alpha value is -0.520. The van der Waals surface area contributed by atoms with Gasteiger partial charge in [0.2, 0.25) is 0 Å². The molecular formula is C12H24. The Labute approximate surface area is 78.4 Å². The zero-order chi connectivity index (χ0) is 8.69.